The predicted octanol–water partition coefficient (Wildman–Crippen LogP) is 4.60. The summed E-state index contributed by atoms with van der Waals surface area (Å²) < 4.78 is 0.714. The van der Waals surface area contributed by atoms with Crippen molar-refractivity contribution in [1.29, 1.82) is 0 Å². The lowest BCUT2D eigenvalue weighted by molar-refractivity contribution is 1.04. The van der Waals surface area contributed by atoms with Crippen LogP contribution >= 0.6 is 39.1 Å². The van der Waals surface area contributed by atoms with Crippen LogP contribution in [0.4, 0.5) is 11.5 Å². The minimum Gasteiger partial charge on any atom is -0.339 e. The van der Waals surface area contributed by atoms with Crippen molar-refractivity contribution in [2.75, 3.05) is 5.32 Å². The molecule has 0 aliphatic heterocycles. The third-order valence-electron chi connectivity index (χ3n) is 2.02. The van der Waals surface area contributed by atoms with E-state index in [1.807, 2.05) is 19.1 Å². The van der Waals surface area contributed by atoms with Gasteiger partial charge in [-0.05, 0) is 35.0 Å². The Morgan fingerprint density at radius 2 is 2.00 bits per heavy atom. The van der Waals surface area contributed by atoms with E-state index in [1.54, 1.807) is 12.1 Å². The zero-order chi connectivity index (χ0) is 12.4. The molecule has 6 heteroatoms. The fourth-order valence-electron chi connectivity index (χ4n) is 1.33. The Hall–Kier alpha value is -0.840. The third-order valence-corrected chi connectivity index (χ3v) is 3.25. The monoisotopic (exact) mass is 331 g/mol. The van der Waals surface area contributed by atoms with Gasteiger partial charge < -0.3 is 5.32 Å². The molecule has 1 heterocycles. The van der Waals surface area contributed by atoms with E-state index in [0.717, 1.165) is 0 Å². The molecule has 0 radical (unpaired) electrons. The average molecular weight is 333 g/mol. The molecule has 88 valence electrons. The summed E-state index contributed by atoms with van der Waals surface area (Å²) in [5, 5.41) is 4.07. The van der Waals surface area contributed by atoms with E-state index in [4.69, 9.17) is 23.2 Å². The lowest BCUT2D eigenvalue weighted by Crippen LogP contribution is -1.98. The molecular weight excluding hydrogens is 325 g/mol. The highest BCUT2D eigenvalue weighted by Crippen LogP contribution is 2.31. The standard InChI is InChI=1S/C11H8BrCl2N3/c1-6-15-9(12)5-10(16-6)17-8-4-2-3-7(13)11(8)14/h2-5H,1H3,(H,15,16,17). The molecule has 0 spiro atoms. The van der Waals surface area contributed by atoms with Gasteiger partial charge >= 0.3 is 0 Å². The fourth-order valence-corrected chi connectivity index (χ4v) is 2.15. The maximum Gasteiger partial charge on any atom is 0.135 e. The lowest BCUT2D eigenvalue weighted by Gasteiger charge is -2.09. The van der Waals surface area contributed by atoms with Gasteiger partial charge in [0.25, 0.3) is 0 Å². The van der Waals surface area contributed by atoms with E-state index < -0.39 is 0 Å². The van der Waals surface area contributed by atoms with Crippen LogP contribution in [0.15, 0.2) is 28.9 Å². The quantitative estimate of drug-likeness (QED) is 0.817. The normalized spacial score (nSPS) is 10.4. The molecule has 3 nitrogen and oxygen atoms in total. The zero-order valence-electron chi connectivity index (χ0n) is 8.84. The van der Waals surface area contributed by atoms with Crippen LogP contribution in [-0.4, -0.2) is 9.97 Å². The van der Waals surface area contributed by atoms with E-state index in [2.05, 4.69) is 31.2 Å². The van der Waals surface area contributed by atoms with Gasteiger partial charge in [-0.15, -0.1) is 0 Å². The Balaban J connectivity index is 2.34. The summed E-state index contributed by atoms with van der Waals surface area (Å²) in [6.45, 7) is 1.81. The number of aromatic nitrogens is 2. The largest absolute Gasteiger partial charge is 0.339 e. The van der Waals surface area contributed by atoms with Gasteiger partial charge in [0.2, 0.25) is 0 Å². The van der Waals surface area contributed by atoms with Gasteiger partial charge in [-0.1, -0.05) is 29.3 Å². The number of nitrogens with one attached hydrogen (secondary N) is 1. The van der Waals surface area contributed by atoms with Gasteiger partial charge in [-0.25, -0.2) is 9.97 Å². The summed E-state index contributed by atoms with van der Waals surface area (Å²) in [5.74, 6) is 1.33. The Morgan fingerprint density at radius 3 is 2.71 bits per heavy atom. The SMILES string of the molecule is Cc1nc(Br)cc(Nc2cccc(Cl)c2Cl)n1. The summed E-state index contributed by atoms with van der Waals surface area (Å²) in [6.07, 6.45) is 0. The molecule has 0 bridgehead atoms. The maximum absolute atomic E-state index is 6.07. The van der Waals surface area contributed by atoms with Crippen molar-refractivity contribution < 1.29 is 0 Å². The minimum absolute atomic E-state index is 0.474. The molecular formula is C11H8BrCl2N3. The van der Waals surface area contributed by atoms with Crippen molar-refractivity contribution in [3.8, 4) is 0 Å². The lowest BCUT2D eigenvalue weighted by atomic mass is 10.3. The number of aryl methyl sites for hydroxylation is 1. The Labute approximate surface area is 117 Å². The second kappa shape index (κ2) is 5.21. The first-order valence-corrected chi connectivity index (χ1v) is 6.33. The zero-order valence-corrected chi connectivity index (χ0v) is 11.9. The molecule has 2 rings (SSSR count). The third kappa shape index (κ3) is 3.09. The first-order valence-electron chi connectivity index (χ1n) is 4.78. The van der Waals surface area contributed by atoms with Crippen LogP contribution in [0.1, 0.15) is 5.82 Å². The second-order valence-corrected chi connectivity index (χ2v) is 4.95. The van der Waals surface area contributed by atoms with Crippen molar-refractivity contribution in [3.63, 3.8) is 0 Å². The minimum atomic E-state index is 0.474. The van der Waals surface area contributed by atoms with Crippen molar-refractivity contribution in [1.82, 2.24) is 9.97 Å². The Morgan fingerprint density at radius 1 is 1.24 bits per heavy atom. The van der Waals surface area contributed by atoms with E-state index in [1.165, 1.54) is 0 Å². The summed E-state index contributed by atoms with van der Waals surface area (Å²) in [6, 6.07) is 7.15. The van der Waals surface area contributed by atoms with Gasteiger partial charge in [0.1, 0.15) is 16.2 Å². The number of hydrogen-bond donors (Lipinski definition) is 1. The van der Waals surface area contributed by atoms with Gasteiger partial charge in [-0.3, -0.25) is 0 Å². The Kier molecular flexibility index (Phi) is 3.86. The molecule has 1 aromatic heterocycles. The van der Waals surface area contributed by atoms with Crippen LogP contribution in [0, 0.1) is 6.92 Å². The molecule has 0 aliphatic carbocycles. The Bertz CT molecular complexity index is 540. The molecule has 1 aromatic carbocycles. The van der Waals surface area contributed by atoms with Gasteiger partial charge in [0.15, 0.2) is 0 Å². The molecule has 0 atom stereocenters. The first-order chi connectivity index (χ1) is 8.06. The van der Waals surface area contributed by atoms with E-state index in [9.17, 15) is 0 Å². The van der Waals surface area contributed by atoms with E-state index >= 15 is 0 Å². The summed E-state index contributed by atoms with van der Waals surface area (Å²) in [4.78, 5) is 8.37. The van der Waals surface area contributed by atoms with Gasteiger partial charge in [0.05, 0.1) is 15.7 Å². The smallest absolute Gasteiger partial charge is 0.135 e. The molecule has 0 saturated carbocycles. The number of halogens is 3. The van der Waals surface area contributed by atoms with E-state index in [-0.39, 0.29) is 0 Å². The van der Waals surface area contributed by atoms with Crippen molar-refractivity contribution >= 4 is 50.6 Å². The highest BCUT2D eigenvalue weighted by Gasteiger charge is 2.06. The topological polar surface area (TPSA) is 37.8 Å². The first kappa shape index (κ1) is 12.6. The number of benzene rings is 1. The van der Waals surface area contributed by atoms with Crippen LogP contribution in [0.3, 0.4) is 0 Å². The van der Waals surface area contributed by atoms with Crippen molar-refractivity contribution in [2.45, 2.75) is 6.92 Å². The molecule has 0 unspecified atom stereocenters. The highest BCUT2D eigenvalue weighted by atomic mass is 79.9. The summed E-state index contributed by atoms with van der Waals surface area (Å²) in [7, 11) is 0. The van der Waals surface area contributed by atoms with Crippen LogP contribution in [0.25, 0.3) is 0 Å². The molecule has 2 aromatic rings. The molecule has 0 fully saturated rings. The average Bonchev–Trinajstić information content (AvgIpc) is 2.23. The number of nitrogens with zero attached hydrogens (tertiary/aromatic N) is 2. The number of hydrogen-bond acceptors (Lipinski definition) is 3. The number of rotatable bonds is 2. The van der Waals surface area contributed by atoms with Crippen molar-refractivity contribution in [2.24, 2.45) is 0 Å². The molecule has 17 heavy (non-hydrogen) atoms. The van der Waals surface area contributed by atoms with Crippen LogP contribution < -0.4 is 5.32 Å². The molecule has 0 aliphatic rings. The molecule has 0 saturated heterocycles. The predicted molar refractivity (Wildman–Crippen MR) is 74.2 cm³/mol. The van der Waals surface area contributed by atoms with Gasteiger partial charge in [0, 0.05) is 6.07 Å². The maximum atomic E-state index is 6.07. The van der Waals surface area contributed by atoms with E-state index in [0.29, 0.717) is 32.0 Å². The molecule has 1 N–H and O–H groups in total. The highest BCUT2D eigenvalue weighted by molar-refractivity contribution is 9.10. The summed E-state index contributed by atoms with van der Waals surface area (Å²) in [5.41, 5.74) is 0.712. The fraction of sp³-hybridized carbons (Fsp3) is 0.0909. The van der Waals surface area contributed by atoms with Crippen molar-refractivity contribution in [3.05, 3.63) is 44.7 Å². The van der Waals surface area contributed by atoms with Gasteiger partial charge in [-0.2, -0.15) is 0 Å². The second-order valence-electron chi connectivity index (χ2n) is 3.35. The number of anilines is 2. The summed E-state index contributed by atoms with van der Waals surface area (Å²) >= 11 is 15.3. The van der Waals surface area contributed by atoms with Crippen LogP contribution in [0.5, 0.6) is 0 Å². The molecule has 0 amide bonds. The van der Waals surface area contributed by atoms with Crippen LogP contribution in [-0.2, 0) is 0 Å². The van der Waals surface area contributed by atoms with Crippen LogP contribution in [0.2, 0.25) is 10.0 Å².